The Bertz CT molecular complexity index is 2120. The van der Waals surface area contributed by atoms with E-state index in [4.69, 9.17) is 37.0 Å². The Morgan fingerprint density at radius 1 is 0.275 bits per heavy atom. The van der Waals surface area contributed by atoms with E-state index in [9.17, 15) is 43.2 Å². The molecule has 3 N–H and O–H groups in total. The first-order valence-corrected chi connectivity index (χ1v) is 44.9. The minimum absolute atomic E-state index is 0.0256. The highest BCUT2D eigenvalue weighted by Gasteiger charge is 2.30. The summed E-state index contributed by atoms with van der Waals surface area (Å²) in [7, 11) is -9.95. The van der Waals surface area contributed by atoms with Crippen LogP contribution >= 0.6 is 15.6 Å². The van der Waals surface area contributed by atoms with Gasteiger partial charge in [0.25, 0.3) is 0 Å². The van der Waals surface area contributed by atoms with E-state index in [2.05, 4.69) is 64.2 Å². The number of unbranched alkanes of at least 4 members (excludes halogenated alkanes) is 46. The lowest BCUT2D eigenvalue weighted by molar-refractivity contribution is -0.161. The molecule has 0 radical (unpaired) electrons. The summed E-state index contributed by atoms with van der Waals surface area (Å²) in [5, 5.41) is 10.6. The summed E-state index contributed by atoms with van der Waals surface area (Å²) < 4.78 is 68.7. The zero-order valence-corrected chi connectivity index (χ0v) is 67.3. The van der Waals surface area contributed by atoms with Gasteiger partial charge in [-0.25, -0.2) is 9.13 Å². The minimum atomic E-state index is -4.98. The van der Waals surface area contributed by atoms with Gasteiger partial charge in [0.2, 0.25) is 0 Å². The highest BCUT2D eigenvalue weighted by Crippen LogP contribution is 2.45. The molecule has 0 aromatic carbocycles. The van der Waals surface area contributed by atoms with Crippen molar-refractivity contribution in [2.75, 3.05) is 39.6 Å². The maximum absolute atomic E-state index is 13.1. The third-order valence-corrected chi connectivity index (χ3v) is 20.2. The van der Waals surface area contributed by atoms with Crippen molar-refractivity contribution in [1.29, 1.82) is 0 Å². The van der Waals surface area contributed by atoms with Crippen LogP contribution in [-0.4, -0.2) is 96.7 Å². The molecule has 2 unspecified atom stereocenters. The molecular formula is C83H154O17P2. The van der Waals surface area contributed by atoms with Crippen molar-refractivity contribution in [2.24, 2.45) is 0 Å². The average molecular weight is 1490 g/mol. The lowest BCUT2D eigenvalue weighted by atomic mass is 10.0. The van der Waals surface area contributed by atoms with Gasteiger partial charge in [-0.05, 0) is 64.2 Å². The second kappa shape index (κ2) is 76.2. The molecule has 17 nitrogen and oxygen atoms in total. The van der Waals surface area contributed by atoms with Crippen LogP contribution in [0.3, 0.4) is 0 Å². The summed E-state index contributed by atoms with van der Waals surface area (Å²) in [6.07, 6.45) is 75.1. The smallest absolute Gasteiger partial charge is 0.462 e. The molecule has 102 heavy (non-hydrogen) atoms. The average Bonchev–Trinajstić information content (AvgIpc) is 1.01. The van der Waals surface area contributed by atoms with Crippen molar-refractivity contribution < 1.29 is 80.2 Å². The van der Waals surface area contributed by atoms with Gasteiger partial charge in [-0.3, -0.25) is 37.3 Å². The van der Waals surface area contributed by atoms with Crippen LogP contribution in [0.2, 0.25) is 0 Å². The maximum atomic E-state index is 13.1. The quantitative estimate of drug-likeness (QED) is 0.0169. The highest BCUT2D eigenvalue weighted by atomic mass is 31.2. The summed E-state index contributed by atoms with van der Waals surface area (Å²) >= 11 is 0. The van der Waals surface area contributed by atoms with Crippen LogP contribution < -0.4 is 0 Å². The molecule has 5 atom stereocenters. The molecule has 598 valence electrons. The fourth-order valence-electron chi connectivity index (χ4n) is 11.9. The van der Waals surface area contributed by atoms with Gasteiger partial charge in [0.1, 0.15) is 19.3 Å². The predicted molar refractivity (Wildman–Crippen MR) is 418 cm³/mol. The van der Waals surface area contributed by atoms with Crippen LogP contribution in [0.15, 0.2) is 48.6 Å². The lowest BCUT2D eigenvalue weighted by Gasteiger charge is -2.21. The van der Waals surface area contributed by atoms with Crippen molar-refractivity contribution in [3.8, 4) is 0 Å². The van der Waals surface area contributed by atoms with Crippen LogP contribution in [0, 0.1) is 0 Å². The Labute approximate surface area is 623 Å². The molecule has 0 spiro atoms. The van der Waals surface area contributed by atoms with Gasteiger partial charge in [0.15, 0.2) is 12.2 Å². The Morgan fingerprint density at radius 3 is 0.775 bits per heavy atom. The zero-order chi connectivity index (χ0) is 74.6. The SMILES string of the molecule is CCCCC/C=C\C/C=C\C/C=C\C/C=C\CCCC(=O)O[C@H](COC(=O)CCCCCCCCCCCCCCC)COP(=O)(O)OC[C@H](O)COP(=O)(O)OC[C@@H](COC(=O)CCCCCCCCCCCCCCCCC)OC(=O)CCCCCCCCCCCCCCCCCCC. The normalized spacial score (nSPS) is 14.1. The molecule has 0 amide bonds. The van der Waals surface area contributed by atoms with Crippen LogP contribution in [0.25, 0.3) is 0 Å². The van der Waals surface area contributed by atoms with E-state index in [1.807, 2.05) is 12.2 Å². The Hall–Kier alpha value is -2.98. The second-order valence-electron chi connectivity index (χ2n) is 28.4. The molecule has 0 saturated heterocycles. The van der Waals surface area contributed by atoms with Gasteiger partial charge >= 0.3 is 39.5 Å². The largest absolute Gasteiger partial charge is 0.472 e. The molecule has 0 saturated carbocycles. The van der Waals surface area contributed by atoms with Crippen LogP contribution in [0.5, 0.6) is 0 Å². The van der Waals surface area contributed by atoms with E-state index < -0.39 is 97.5 Å². The third-order valence-electron chi connectivity index (χ3n) is 18.3. The highest BCUT2D eigenvalue weighted by molar-refractivity contribution is 7.47. The lowest BCUT2D eigenvalue weighted by Crippen LogP contribution is -2.30. The Kier molecular flexibility index (Phi) is 74.0. The number of aliphatic hydroxyl groups is 1. The monoisotopic (exact) mass is 1490 g/mol. The van der Waals surface area contributed by atoms with E-state index in [0.29, 0.717) is 32.1 Å². The molecule has 0 fully saturated rings. The molecule has 0 aromatic rings. The van der Waals surface area contributed by atoms with E-state index in [-0.39, 0.29) is 25.7 Å². The van der Waals surface area contributed by atoms with Gasteiger partial charge in [-0.15, -0.1) is 0 Å². The van der Waals surface area contributed by atoms with Crippen molar-refractivity contribution in [3.05, 3.63) is 48.6 Å². The zero-order valence-electron chi connectivity index (χ0n) is 65.6. The Morgan fingerprint density at radius 2 is 0.490 bits per heavy atom. The first-order chi connectivity index (χ1) is 49.7. The first kappa shape index (κ1) is 99.0. The van der Waals surface area contributed by atoms with Crippen LogP contribution in [0.1, 0.15) is 400 Å². The van der Waals surface area contributed by atoms with Crippen LogP contribution in [0.4, 0.5) is 0 Å². The number of esters is 4. The molecule has 0 aliphatic rings. The van der Waals surface area contributed by atoms with E-state index in [0.717, 1.165) is 89.9 Å². The third kappa shape index (κ3) is 75.3. The molecule has 0 aromatic heterocycles. The van der Waals surface area contributed by atoms with Crippen LogP contribution in [-0.2, 0) is 65.4 Å². The second-order valence-corrected chi connectivity index (χ2v) is 31.4. The number of rotatable bonds is 80. The van der Waals surface area contributed by atoms with Crippen molar-refractivity contribution >= 4 is 39.5 Å². The van der Waals surface area contributed by atoms with Gasteiger partial charge < -0.3 is 33.8 Å². The van der Waals surface area contributed by atoms with E-state index >= 15 is 0 Å². The number of carbonyl (C=O) groups excluding carboxylic acids is 4. The fraction of sp³-hybridized carbons (Fsp3) is 0.855. The minimum Gasteiger partial charge on any atom is -0.462 e. The molecular weight excluding hydrogens is 1330 g/mol. The van der Waals surface area contributed by atoms with Gasteiger partial charge in [0.05, 0.1) is 26.4 Å². The van der Waals surface area contributed by atoms with E-state index in [1.54, 1.807) is 0 Å². The fourth-order valence-corrected chi connectivity index (χ4v) is 13.5. The Balaban J connectivity index is 5.35. The summed E-state index contributed by atoms with van der Waals surface area (Å²) in [6, 6.07) is 0. The number of phosphoric acid groups is 2. The molecule has 0 rings (SSSR count). The topological polar surface area (TPSA) is 237 Å². The number of aliphatic hydroxyl groups excluding tert-OH is 1. The number of hydrogen-bond acceptors (Lipinski definition) is 15. The van der Waals surface area contributed by atoms with Gasteiger partial charge in [-0.1, -0.05) is 359 Å². The predicted octanol–water partition coefficient (Wildman–Crippen LogP) is 24.5. The van der Waals surface area contributed by atoms with E-state index in [1.165, 1.54) is 225 Å². The molecule has 19 heteroatoms. The molecule has 0 bridgehead atoms. The number of carbonyl (C=O) groups is 4. The van der Waals surface area contributed by atoms with Crippen molar-refractivity contribution in [2.45, 2.75) is 418 Å². The van der Waals surface area contributed by atoms with Crippen molar-refractivity contribution in [3.63, 3.8) is 0 Å². The maximum Gasteiger partial charge on any atom is 0.472 e. The van der Waals surface area contributed by atoms with Crippen molar-refractivity contribution in [1.82, 2.24) is 0 Å². The number of hydrogen-bond donors (Lipinski definition) is 3. The summed E-state index contributed by atoms with van der Waals surface area (Å²) in [5.41, 5.74) is 0. The van der Waals surface area contributed by atoms with Gasteiger partial charge in [0, 0.05) is 25.7 Å². The molecule has 0 heterocycles. The number of ether oxygens (including phenoxy) is 4. The van der Waals surface area contributed by atoms with Gasteiger partial charge in [-0.2, -0.15) is 0 Å². The summed E-state index contributed by atoms with van der Waals surface area (Å²) in [6.45, 7) is 4.90. The summed E-state index contributed by atoms with van der Waals surface area (Å²) in [5.74, 6) is -2.19. The summed E-state index contributed by atoms with van der Waals surface area (Å²) in [4.78, 5) is 73.1. The molecule has 0 aliphatic heterocycles. The standard InChI is InChI=1S/C83H154O17P2/c1-5-9-13-17-21-25-29-33-36-38-41-45-49-53-57-61-65-69-82(87)99-78(73-93-80(85)67-63-59-55-51-47-43-32-28-24-20-16-12-8-4)75-97-101(89,90)95-71-77(84)72-96-102(91,92)98-76-79(74-94-81(86)68-64-60-56-52-48-44-40-35-31-27-23-19-15-11-7-3)100-83(88)70-66-62-58-54-50-46-42-39-37-34-30-26-22-18-14-10-6-2/h21,25,33,36,41,45,53,57,77-79,84H,5-20,22-24,26-32,34-35,37-40,42-44,46-52,54-56,58-76H2,1-4H3,(H,89,90)(H,91,92)/b25-21-,36-33-,45-41-,57-53-/t77-,78+,79+/m0/s1. The number of allylic oxidation sites excluding steroid dienone is 8. The first-order valence-electron chi connectivity index (χ1n) is 41.9. The molecule has 0 aliphatic carbocycles. The number of phosphoric ester groups is 2.